The second-order valence-electron chi connectivity index (χ2n) is 12.1. The topological polar surface area (TPSA) is 48.5 Å². The second-order valence-corrected chi connectivity index (χ2v) is 13.1. The molecule has 0 N–H and O–H groups in total. The van der Waals surface area contributed by atoms with Crippen LogP contribution in [0.25, 0.3) is 0 Å². The molecular formula is C42H38FN5S. The molecule has 2 aromatic heterocycles. The predicted molar refractivity (Wildman–Crippen MR) is 195 cm³/mol. The SMILES string of the molecule is Fc1ccc(CCc2nnc(SCc3ccccc3)n2CCCc2cn(C(c3ccccc3)(c3ccccc3)c3ccccc3)cn2)cc1. The minimum Gasteiger partial charge on any atom is -0.319 e. The zero-order chi connectivity index (χ0) is 33.3. The average Bonchev–Trinajstić information content (AvgIpc) is 3.80. The van der Waals surface area contributed by atoms with E-state index in [1.807, 2.05) is 24.5 Å². The lowest BCUT2D eigenvalue weighted by Crippen LogP contribution is -2.36. The smallest absolute Gasteiger partial charge is 0.191 e. The Balaban J connectivity index is 1.14. The zero-order valence-corrected chi connectivity index (χ0v) is 28.1. The second kappa shape index (κ2) is 15.3. The fourth-order valence-electron chi connectivity index (χ4n) is 6.54. The van der Waals surface area contributed by atoms with E-state index in [1.165, 1.54) is 34.4 Å². The Bertz CT molecular complexity index is 1950. The lowest BCUT2D eigenvalue weighted by molar-refractivity contribution is 0.513. The molecule has 244 valence electrons. The molecule has 0 unspecified atom stereocenters. The number of thioether (sulfide) groups is 1. The van der Waals surface area contributed by atoms with Crippen molar-refractivity contribution in [2.75, 3.05) is 0 Å². The number of aromatic nitrogens is 5. The summed E-state index contributed by atoms with van der Waals surface area (Å²) in [5.41, 5.74) is 6.30. The normalized spacial score (nSPS) is 11.5. The molecule has 49 heavy (non-hydrogen) atoms. The first-order valence-corrected chi connectivity index (χ1v) is 17.7. The predicted octanol–water partition coefficient (Wildman–Crippen LogP) is 9.16. The highest BCUT2D eigenvalue weighted by Crippen LogP contribution is 2.40. The first kappa shape index (κ1) is 32.3. The van der Waals surface area contributed by atoms with E-state index in [0.29, 0.717) is 0 Å². The lowest BCUT2D eigenvalue weighted by Gasteiger charge is -2.37. The summed E-state index contributed by atoms with van der Waals surface area (Å²) < 4.78 is 18.0. The molecule has 0 aliphatic carbocycles. The van der Waals surface area contributed by atoms with Gasteiger partial charge < -0.3 is 9.13 Å². The van der Waals surface area contributed by atoms with Gasteiger partial charge in [-0.2, -0.15) is 0 Å². The summed E-state index contributed by atoms with van der Waals surface area (Å²) in [7, 11) is 0. The molecular weight excluding hydrogens is 626 g/mol. The molecule has 0 saturated heterocycles. The minimum atomic E-state index is -0.585. The van der Waals surface area contributed by atoms with Gasteiger partial charge in [0.15, 0.2) is 5.16 Å². The van der Waals surface area contributed by atoms with Crippen LogP contribution in [-0.2, 0) is 37.1 Å². The molecule has 2 heterocycles. The maximum Gasteiger partial charge on any atom is 0.191 e. The largest absolute Gasteiger partial charge is 0.319 e. The van der Waals surface area contributed by atoms with E-state index in [-0.39, 0.29) is 5.82 Å². The molecule has 0 aliphatic rings. The number of imidazole rings is 1. The van der Waals surface area contributed by atoms with Crippen LogP contribution < -0.4 is 0 Å². The van der Waals surface area contributed by atoms with Crippen LogP contribution in [-0.4, -0.2) is 24.3 Å². The number of rotatable bonds is 14. The van der Waals surface area contributed by atoms with Gasteiger partial charge in [0.05, 0.1) is 12.0 Å². The maximum absolute atomic E-state index is 13.5. The molecule has 0 bridgehead atoms. The fraction of sp³-hybridized carbons (Fsp3) is 0.167. The van der Waals surface area contributed by atoms with E-state index < -0.39 is 5.54 Å². The van der Waals surface area contributed by atoms with E-state index in [1.54, 1.807) is 11.8 Å². The van der Waals surface area contributed by atoms with E-state index in [2.05, 4.69) is 141 Å². The Hall–Kier alpha value is -5.27. The summed E-state index contributed by atoms with van der Waals surface area (Å²) in [6, 6.07) is 49.2. The standard InChI is InChI=1S/C42H38FN5S/c43-38-26-23-33(24-27-38)25-28-40-45-46-41(49-31-34-14-5-1-6-15-34)48(40)29-13-22-39-30-47(32-44-39)42(35-16-7-2-8-17-35,36-18-9-3-10-19-36)37-20-11-4-12-21-37/h1-12,14-21,23-24,26-27,30,32H,13,22,25,28-29,31H2. The molecule has 0 amide bonds. The first-order valence-electron chi connectivity index (χ1n) is 16.7. The molecule has 0 fully saturated rings. The molecule has 0 saturated carbocycles. The quantitative estimate of drug-likeness (QED) is 0.0860. The van der Waals surface area contributed by atoms with Crippen molar-refractivity contribution >= 4 is 11.8 Å². The zero-order valence-electron chi connectivity index (χ0n) is 27.3. The van der Waals surface area contributed by atoms with Crippen molar-refractivity contribution in [1.82, 2.24) is 24.3 Å². The third-order valence-electron chi connectivity index (χ3n) is 8.97. The van der Waals surface area contributed by atoms with Gasteiger partial charge in [-0.1, -0.05) is 145 Å². The Morgan fingerprint density at radius 2 is 1.16 bits per heavy atom. The Labute approximate surface area is 291 Å². The van der Waals surface area contributed by atoms with Gasteiger partial charge in [-0.25, -0.2) is 9.37 Å². The first-order chi connectivity index (χ1) is 24.2. The van der Waals surface area contributed by atoms with Gasteiger partial charge in [0.25, 0.3) is 0 Å². The van der Waals surface area contributed by atoms with Gasteiger partial charge in [-0.15, -0.1) is 10.2 Å². The van der Waals surface area contributed by atoms with Crippen molar-refractivity contribution in [1.29, 1.82) is 0 Å². The number of hydrogen-bond acceptors (Lipinski definition) is 4. The van der Waals surface area contributed by atoms with Crippen molar-refractivity contribution in [3.05, 3.63) is 203 Å². The highest BCUT2D eigenvalue weighted by atomic mass is 32.2. The van der Waals surface area contributed by atoms with Crippen LogP contribution in [0.3, 0.4) is 0 Å². The van der Waals surface area contributed by atoms with Crippen LogP contribution in [0.15, 0.2) is 163 Å². The van der Waals surface area contributed by atoms with E-state index in [9.17, 15) is 4.39 Å². The molecule has 7 aromatic rings. The van der Waals surface area contributed by atoms with E-state index in [0.717, 1.165) is 60.2 Å². The average molecular weight is 664 g/mol. The summed E-state index contributed by atoms with van der Waals surface area (Å²) in [6.45, 7) is 0.775. The van der Waals surface area contributed by atoms with Crippen molar-refractivity contribution in [3.8, 4) is 0 Å². The Kier molecular flexibility index (Phi) is 10.1. The van der Waals surface area contributed by atoms with Gasteiger partial charge in [0, 0.05) is 24.9 Å². The summed E-state index contributed by atoms with van der Waals surface area (Å²) in [6.07, 6.45) is 7.38. The van der Waals surface area contributed by atoms with Crippen LogP contribution in [0.5, 0.6) is 0 Å². The van der Waals surface area contributed by atoms with Crippen LogP contribution in [0.1, 0.15) is 45.8 Å². The number of aryl methyl sites for hydroxylation is 3. The van der Waals surface area contributed by atoms with Gasteiger partial charge in [-0.05, 0) is 59.2 Å². The minimum absolute atomic E-state index is 0.220. The fourth-order valence-corrected chi connectivity index (χ4v) is 7.48. The maximum atomic E-state index is 13.5. The monoisotopic (exact) mass is 663 g/mol. The summed E-state index contributed by atoms with van der Waals surface area (Å²) >= 11 is 1.71. The highest BCUT2D eigenvalue weighted by Gasteiger charge is 2.38. The van der Waals surface area contributed by atoms with Gasteiger partial charge in [-0.3, -0.25) is 0 Å². The summed E-state index contributed by atoms with van der Waals surface area (Å²) in [5, 5.41) is 10.2. The van der Waals surface area contributed by atoms with E-state index >= 15 is 0 Å². The van der Waals surface area contributed by atoms with Crippen molar-refractivity contribution in [3.63, 3.8) is 0 Å². The molecule has 7 heteroatoms. The third kappa shape index (κ3) is 7.27. The van der Waals surface area contributed by atoms with Gasteiger partial charge in [0.2, 0.25) is 0 Å². The van der Waals surface area contributed by atoms with Crippen molar-refractivity contribution < 1.29 is 4.39 Å². The van der Waals surface area contributed by atoms with Crippen LogP contribution in [0.4, 0.5) is 4.39 Å². The van der Waals surface area contributed by atoms with Crippen LogP contribution >= 0.6 is 11.8 Å². The summed E-state index contributed by atoms with van der Waals surface area (Å²) in [5.74, 6) is 1.55. The Morgan fingerprint density at radius 3 is 1.76 bits per heavy atom. The van der Waals surface area contributed by atoms with Crippen LogP contribution in [0, 0.1) is 5.82 Å². The third-order valence-corrected chi connectivity index (χ3v) is 10.0. The Morgan fingerprint density at radius 1 is 0.592 bits per heavy atom. The number of benzene rings is 5. The van der Waals surface area contributed by atoms with Gasteiger partial charge in [0.1, 0.15) is 17.2 Å². The van der Waals surface area contributed by atoms with Gasteiger partial charge >= 0.3 is 0 Å². The summed E-state index contributed by atoms with van der Waals surface area (Å²) in [4.78, 5) is 4.97. The van der Waals surface area contributed by atoms with Crippen molar-refractivity contribution in [2.45, 2.75) is 48.7 Å². The van der Waals surface area contributed by atoms with Crippen LogP contribution in [0.2, 0.25) is 0 Å². The number of halogens is 1. The van der Waals surface area contributed by atoms with E-state index in [4.69, 9.17) is 4.98 Å². The molecule has 5 nitrogen and oxygen atoms in total. The molecule has 0 spiro atoms. The molecule has 7 rings (SSSR count). The molecule has 5 aromatic carbocycles. The molecule has 0 atom stereocenters. The highest BCUT2D eigenvalue weighted by molar-refractivity contribution is 7.98. The number of hydrogen-bond donors (Lipinski definition) is 0. The number of nitrogens with zero attached hydrogens (tertiary/aromatic N) is 5. The molecule has 0 radical (unpaired) electrons. The lowest BCUT2D eigenvalue weighted by atomic mass is 9.77. The van der Waals surface area contributed by atoms with Crippen molar-refractivity contribution in [2.24, 2.45) is 0 Å². The molecule has 0 aliphatic heterocycles.